The highest BCUT2D eigenvalue weighted by molar-refractivity contribution is 5.30. The Hall–Kier alpha value is -1.56. The second-order valence-electron chi connectivity index (χ2n) is 12.4. The minimum Gasteiger partial charge on any atom is -0.0683 e. The average Bonchev–Trinajstić information content (AvgIpc) is 3.04. The van der Waals surface area contributed by atoms with Gasteiger partial charge in [-0.05, 0) is 54.7 Å². The van der Waals surface area contributed by atoms with Gasteiger partial charge in [-0.3, -0.25) is 0 Å². The van der Waals surface area contributed by atoms with Gasteiger partial charge in [0.15, 0.2) is 0 Å². The fraction of sp³-hybridized carbons (Fsp3) is 0.727. The zero-order valence-electron chi connectivity index (χ0n) is 33.8. The van der Waals surface area contributed by atoms with Crippen molar-refractivity contribution in [3.05, 3.63) is 70.8 Å². The van der Waals surface area contributed by atoms with E-state index in [1.54, 1.807) is 0 Å². The SMILES string of the molecule is CC.CCC(C)C.CCCC.CCCC.CCCC.CCCC(C)CCC.Cc1cccc(C(C)Cc2ccccc2C)c1. The van der Waals surface area contributed by atoms with Crippen LogP contribution in [0.25, 0.3) is 0 Å². The molecule has 0 nitrogen and oxygen atoms in total. The minimum atomic E-state index is 0.580. The largest absolute Gasteiger partial charge is 0.0683 e. The van der Waals surface area contributed by atoms with Crippen LogP contribution in [0, 0.1) is 25.7 Å². The molecular weight excluding hydrogens is 528 g/mol. The summed E-state index contributed by atoms with van der Waals surface area (Å²) in [6, 6.07) is 17.5. The molecule has 2 aromatic rings. The van der Waals surface area contributed by atoms with Crippen molar-refractivity contribution in [3.63, 3.8) is 0 Å². The molecule has 0 aromatic heterocycles. The van der Waals surface area contributed by atoms with E-state index in [1.165, 1.54) is 92.9 Å². The Morgan fingerprint density at radius 1 is 0.523 bits per heavy atom. The lowest BCUT2D eigenvalue weighted by Gasteiger charge is -2.14. The Morgan fingerprint density at radius 2 is 0.932 bits per heavy atom. The first-order valence-electron chi connectivity index (χ1n) is 19.1. The minimum absolute atomic E-state index is 0.580. The molecule has 0 saturated carbocycles. The van der Waals surface area contributed by atoms with Gasteiger partial charge in [0.05, 0.1) is 0 Å². The zero-order valence-corrected chi connectivity index (χ0v) is 33.8. The Balaban J connectivity index is -0.000000158. The van der Waals surface area contributed by atoms with Gasteiger partial charge in [0.2, 0.25) is 0 Å². The molecule has 0 aliphatic carbocycles. The van der Waals surface area contributed by atoms with Crippen molar-refractivity contribution in [2.24, 2.45) is 11.8 Å². The molecule has 0 N–H and O–H groups in total. The molecule has 0 aliphatic heterocycles. The average molecular weight is 615 g/mol. The van der Waals surface area contributed by atoms with E-state index >= 15 is 0 Å². The first-order chi connectivity index (χ1) is 21.0. The predicted octanol–water partition coefficient (Wildman–Crippen LogP) is 16.4. The molecule has 0 heteroatoms. The number of benzene rings is 2. The van der Waals surface area contributed by atoms with Crippen molar-refractivity contribution in [3.8, 4) is 0 Å². The summed E-state index contributed by atoms with van der Waals surface area (Å²) in [7, 11) is 0. The van der Waals surface area contributed by atoms with E-state index in [2.05, 4.69) is 152 Å². The first-order valence-corrected chi connectivity index (χ1v) is 19.1. The Morgan fingerprint density at radius 3 is 1.25 bits per heavy atom. The summed E-state index contributed by atoms with van der Waals surface area (Å²) in [4.78, 5) is 0. The van der Waals surface area contributed by atoms with Crippen LogP contribution in [-0.2, 0) is 6.42 Å². The van der Waals surface area contributed by atoms with Crippen LogP contribution in [0.1, 0.15) is 203 Å². The highest BCUT2D eigenvalue weighted by Crippen LogP contribution is 2.22. The molecule has 0 saturated heterocycles. The fourth-order valence-electron chi connectivity index (χ4n) is 3.39. The number of hydrogen-bond donors (Lipinski definition) is 0. The van der Waals surface area contributed by atoms with Crippen LogP contribution in [0.5, 0.6) is 0 Å². The van der Waals surface area contributed by atoms with Crippen LogP contribution in [0.3, 0.4) is 0 Å². The molecule has 2 aromatic carbocycles. The second-order valence-corrected chi connectivity index (χ2v) is 12.4. The smallest absolute Gasteiger partial charge is 0.0150 e. The fourth-order valence-corrected chi connectivity index (χ4v) is 3.39. The lowest BCUT2D eigenvalue weighted by Crippen LogP contribution is -2.00. The molecule has 0 spiro atoms. The molecule has 44 heavy (non-hydrogen) atoms. The van der Waals surface area contributed by atoms with E-state index in [4.69, 9.17) is 0 Å². The van der Waals surface area contributed by atoms with E-state index in [0.29, 0.717) is 5.92 Å². The van der Waals surface area contributed by atoms with Crippen LogP contribution >= 0.6 is 0 Å². The van der Waals surface area contributed by atoms with Crippen molar-refractivity contribution >= 4 is 0 Å². The van der Waals surface area contributed by atoms with Gasteiger partial charge < -0.3 is 0 Å². The third-order valence-electron chi connectivity index (χ3n) is 7.28. The molecule has 0 aliphatic rings. The third kappa shape index (κ3) is 42.6. The molecule has 0 radical (unpaired) electrons. The van der Waals surface area contributed by atoms with Crippen LogP contribution in [0.4, 0.5) is 0 Å². The standard InChI is InChI=1S/C17H20.C8H18.C5H12.3C4H10.C2H6/c1-13-7-6-10-16(11-13)15(3)12-17-9-5-4-8-14(17)2;1-4-6-8(3)7-5-2;1-4-5(2)3;3*1-3-4-2;1-2/h4-11,15H,12H2,1-3H3;8H,4-7H2,1-3H3;5H,4H2,1-3H3;3*3-4H2,1-2H3;1-2H3. The van der Waals surface area contributed by atoms with Gasteiger partial charge >= 0.3 is 0 Å². The molecule has 0 amide bonds. The van der Waals surface area contributed by atoms with E-state index in [0.717, 1.165) is 18.3 Å². The van der Waals surface area contributed by atoms with E-state index in [9.17, 15) is 0 Å². The van der Waals surface area contributed by atoms with Gasteiger partial charge in [0.1, 0.15) is 0 Å². The highest BCUT2D eigenvalue weighted by atomic mass is 14.1. The Kier molecular flexibility index (Phi) is 51.5. The van der Waals surface area contributed by atoms with Crippen molar-refractivity contribution < 1.29 is 0 Å². The lowest BCUT2D eigenvalue weighted by molar-refractivity contribution is 0.480. The summed E-state index contributed by atoms with van der Waals surface area (Å²) < 4.78 is 0. The van der Waals surface area contributed by atoms with Crippen LogP contribution in [-0.4, -0.2) is 0 Å². The third-order valence-corrected chi connectivity index (χ3v) is 7.28. The number of hydrogen-bond acceptors (Lipinski definition) is 0. The van der Waals surface area contributed by atoms with E-state index < -0.39 is 0 Å². The van der Waals surface area contributed by atoms with Crippen LogP contribution in [0.2, 0.25) is 0 Å². The Bertz CT molecular complexity index is 720. The topological polar surface area (TPSA) is 0 Å². The molecule has 1 atom stereocenters. The van der Waals surface area contributed by atoms with Crippen LogP contribution < -0.4 is 0 Å². The maximum atomic E-state index is 2.34. The normalized spacial score (nSPS) is 9.98. The second kappa shape index (κ2) is 43.6. The summed E-state index contributed by atoms with van der Waals surface area (Å²) in [6.07, 6.45) is 15.9. The molecule has 262 valence electrons. The summed E-state index contributed by atoms with van der Waals surface area (Å²) in [6.45, 7) is 37.2. The van der Waals surface area contributed by atoms with E-state index in [1.807, 2.05) is 13.8 Å². The summed E-state index contributed by atoms with van der Waals surface area (Å²) in [5.74, 6) is 2.43. The van der Waals surface area contributed by atoms with Crippen molar-refractivity contribution in [1.82, 2.24) is 0 Å². The van der Waals surface area contributed by atoms with Crippen molar-refractivity contribution in [1.29, 1.82) is 0 Å². The predicted molar refractivity (Wildman–Crippen MR) is 212 cm³/mol. The quantitative estimate of drug-likeness (QED) is 0.236. The van der Waals surface area contributed by atoms with Gasteiger partial charge in [-0.1, -0.05) is 229 Å². The van der Waals surface area contributed by atoms with E-state index in [-0.39, 0.29) is 0 Å². The monoisotopic (exact) mass is 615 g/mol. The first kappa shape index (κ1) is 52.0. The number of rotatable bonds is 11. The van der Waals surface area contributed by atoms with Crippen molar-refractivity contribution in [2.45, 2.75) is 201 Å². The Labute approximate surface area is 282 Å². The summed E-state index contributed by atoms with van der Waals surface area (Å²) in [5, 5.41) is 0. The van der Waals surface area contributed by atoms with Crippen molar-refractivity contribution in [2.75, 3.05) is 0 Å². The maximum absolute atomic E-state index is 2.34. The summed E-state index contributed by atoms with van der Waals surface area (Å²) in [5.41, 5.74) is 5.64. The summed E-state index contributed by atoms with van der Waals surface area (Å²) >= 11 is 0. The molecule has 2 rings (SSSR count). The van der Waals surface area contributed by atoms with Gasteiger partial charge in [-0.2, -0.15) is 0 Å². The van der Waals surface area contributed by atoms with Gasteiger partial charge in [-0.15, -0.1) is 0 Å². The van der Waals surface area contributed by atoms with Crippen LogP contribution in [0.15, 0.2) is 48.5 Å². The van der Waals surface area contributed by atoms with Gasteiger partial charge in [0, 0.05) is 0 Å². The molecule has 0 heterocycles. The number of aryl methyl sites for hydroxylation is 2. The highest BCUT2D eigenvalue weighted by Gasteiger charge is 2.08. The maximum Gasteiger partial charge on any atom is -0.0150 e. The number of unbranched alkanes of at least 4 members (excludes halogenated alkanes) is 3. The van der Waals surface area contributed by atoms with Gasteiger partial charge in [0.25, 0.3) is 0 Å². The molecule has 0 fully saturated rings. The lowest BCUT2D eigenvalue weighted by atomic mass is 9.91. The van der Waals surface area contributed by atoms with Gasteiger partial charge in [-0.25, -0.2) is 0 Å². The molecule has 1 unspecified atom stereocenters. The zero-order chi connectivity index (χ0) is 35.2. The molecule has 0 bridgehead atoms. The molecular formula is C44H86.